The van der Waals surface area contributed by atoms with E-state index in [1.807, 2.05) is 0 Å². The van der Waals surface area contributed by atoms with Gasteiger partial charge in [-0.15, -0.1) is 0 Å². The lowest BCUT2D eigenvalue weighted by Crippen LogP contribution is -2.41. The van der Waals surface area contributed by atoms with Gasteiger partial charge in [0.25, 0.3) is 5.91 Å². The predicted octanol–water partition coefficient (Wildman–Crippen LogP) is 2.37. The molecule has 1 saturated heterocycles. The van der Waals surface area contributed by atoms with Gasteiger partial charge in [-0.05, 0) is 55.5 Å². The van der Waals surface area contributed by atoms with Crippen LogP contribution in [0.2, 0.25) is 0 Å². The Bertz CT molecular complexity index is 764. The third-order valence-corrected chi connectivity index (χ3v) is 5.69. The molecule has 1 aromatic rings. The van der Waals surface area contributed by atoms with Gasteiger partial charge in [0.15, 0.2) is 6.61 Å². The Labute approximate surface area is 183 Å². The van der Waals surface area contributed by atoms with Gasteiger partial charge in [-0.1, -0.05) is 32.1 Å². The van der Waals surface area contributed by atoms with Gasteiger partial charge in [0, 0.05) is 19.1 Å². The second kappa shape index (κ2) is 12.1. The molecule has 3 rings (SSSR count). The Balaban J connectivity index is 1.39. The molecule has 31 heavy (non-hydrogen) atoms. The van der Waals surface area contributed by atoms with Crippen molar-refractivity contribution in [3.05, 3.63) is 29.8 Å². The zero-order valence-corrected chi connectivity index (χ0v) is 18.0. The molecule has 2 aliphatic rings. The van der Waals surface area contributed by atoms with Crippen LogP contribution in [-0.4, -0.2) is 54.6 Å². The summed E-state index contributed by atoms with van der Waals surface area (Å²) in [7, 11) is 0. The summed E-state index contributed by atoms with van der Waals surface area (Å²) in [4.78, 5) is 37.8. The van der Waals surface area contributed by atoms with Crippen molar-refractivity contribution >= 4 is 23.9 Å². The molecule has 1 aromatic carbocycles. The standard InChI is InChI=1S/C23H32N4O4/c28-21(25-19-8-4-3-5-9-19)17-31-20-12-10-18(11-13-20)16-24-26-22(29)23(30)27-14-6-1-2-7-15-27/h10-13,16,19H,1-9,14-15,17H2,(H,25,28)(H,26,29)/b24-16-. The van der Waals surface area contributed by atoms with Crippen LogP contribution in [0.4, 0.5) is 0 Å². The quantitative estimate of drug-likeness (QED) is 0.413. The van der Waals surface area contributed by atoms with E-state index in [9.17, 15) is 14.4 Å². The van der Waals surface area contributed by atoms with E-state index in [2.05, 4.69) is 15.8 Å². The second-order valence-electron chi connectivity index (χ2n) is 8.17. The first kappa shape index (κ1) is 22.8. The first-order chi connectivity index (χ1) is 15.1. The number of hydrogen-bond donors (Lipinski definition) is 2. The highest BCUT2D eigenvalue weighted by molar-refractivity contribution is 6.35. The van der Waals surface area contributed by atoms with E-state index in [1.54, 1.807) is 29.2 Å². The van der Waals surface area contributed by atoms with Gasteiger partial charge in [0.1, 0.15) is 5.75 Å². The van der Waals surface area contributed by atoms with Crippen molar-refractivity contribution in [1.29, 1.82) is 0 Å². The zero-order valence-electron chi connectivity index (χ0n) is 18.0. The molecule has 1 aliphatic carbocycles. The monoisotopic (exact) mass is 428 g/mol. The maximum absolute atomic E-state index is 12.2. The SMILES string of the molecule is O=C(COc1ccc(/C=N\NC(=O)C(=O)N2CCCCCC2)cc1)NC1CCCCC1. The molecule has 0 bridgehead atoms. The third kappa shape index (κ3) is 7.70. The predicted molar refractivity (Wildman–Crippen MR) is 118 cm³/mol. The van der Waals surface area contributed by atoms with Crippen molar-refractivity contribution in [3.8, 4) is 5.75 Å². The lowest BCUT2D eigenvalue weighted by atomic mass is 9.95. The van der Waals surface area contributed by atoms with Gasteiger partial charge in [-0.25, -0.2) is 5.43 Å². The van der Waals surface area contributed by atoms with Gasteiger partial charge < -0.3 is 15.0 Å². The molecule has 1 aliphatic heterocycles. The van der Waals surface area contributed by atoms with Crippen molar-refractivity contribution < 1.29 is 19.1 Å². The van der Waals surface area contributed by atoms with E-state index in [4.69, 9.17) is 4.74 Å². The minimum absolute atomic E-state index is 0.0153. The Morgan fingerprint density at radius 3 is 2.29 bits per heavy atom. The van der Waals surface area contributed by atoms with Crippen molar-refractivity contribution in [3.63, 3.8) is 0 Å². The summed E-state index contributed by atoms with van der Waals surface area (Å²) < 4.78 is 5.54. The number of nitrogens with one attached hydrogen (secondary N) is 2. The van der Waals surface area contributed by atoms with E-state index < -0.39 is 11.8 Å². The number of ether oxygens (including phenoxy) is 1. The van der Waals surface area contributed by atoms with Gasteiger partial charge >= 0.3 is 11.8 Å². The van der Waals surface area contributed by atoms with E-state index in [1.165, 1.54) is 25.5 Å². The second-order valence-corrected chi connectivity index (χ2v) is 8.17. The lowest BCUT2D eigenvalue weighted by molar-refractivity contribution is -0.145. The number of hydrogen-bond acceptors (Lipinski definition) is 5. The molecule has 1 saturated carbocycles. The van der Waals surface area contributed by atoms with E-state index in [0.29, 0.717) is 18.8 Å². The Morgan fingerprint density at radius 1 is 0.968 bits per heavy atom. The van der Waals surface area contributed by atoms with Crippen LogP contribution in [0.15, 0.2) is 29.4 Å². The summed E-state index contributed by atoms with van der Waals surface area (Å²) in [6.45, 7) is 1.23. The highest BCUT2D eigenvalue weighted by atomic mass is 16.5. The van der Waals surface area contributed by atoms with Crippen LogP contribution >= 0.6 is 0 Å². The van der Waals surface area contributed by atoms with Gasteiger partial charge in [0.2, 0.25) is 0 Å². The number of rotatable bonds is 6. The largest absolute Gasteiger partial charge is 0.484 e. The van der Waals surface area contributed by atoms with Crippen molar-refractivity contribution in [2.75, 3.05) is 19.7 Å². The van der Waals surface area contributed by atoms with Crippen LogP contribution in [0, 0.1) is 0 Å². The molecule has 0 atom stereocenters. The molecule has 168 valence electrons. The fourth-order valence-corrected chi connectivity index (χ4v) is 3.95. The molecule has 8 nitrogen and oxygen atoms in total. The summed E-state index contributed by atoms with van der Waals surface area (Å²) in [5.74, 6) is -0.776. The zero-order chi connectivity index (χ0) is 21.9. The maximum atomic E-state index is 12.2. The van der Waals surface area contributed by atoms with Crippen LogP contribution in [0.25, 0.3) is 0 Å². The fraction of sp³-hybridized carbons (Fsp3) is 0.565. The average Bonchev–Trinajstić information content (AvgIpc) is 3.08. The minimum Gasteiger partial charge on any atom is -0.484 e. The molecule has 0 spiro atoms. The van der Waals surface area contributed by atoms with E-state index >= 15 is 0 Å². The number of benzene rings is 1. The molecule has 2 fully saturated rings. The first-order valence-electron chi connectivity index (χ1n) is 11.3. The van der Waals surface area contributed by atoms with Crippen LogP contribution < -0.4 is 15.5 Å². The molecular formula is C23H32N4O4. The molecule has 0 aromatic heterocycles. The lowest BCUT2D eigenvalue weighted by Gasteiger charge is -2.22. The number of likely N-dealkylation sites (tertiary alicyclic amines) is 1. The Kier molecular flexibility index (Phi) is 8.87. The molecule has 8 heteroatoms. The van der Waals surface area contributed by atoms with Crippen LogP contribution in [0.5, 0.6) is 5.75 Å². The number of nitrogens with zero attached hydrogens (tertiary/aromatic N) is 2. The molecular weight excluding hydrogens is 396 g/mol. The fourth-order valence-electron chi connectivity index (χ4n) is 3.95. The molecule has 2 N–H and O–H groups in total. The van der Waals surface area contributed by atoms with Crippen LogP contribution in [0.1, 0.15) is 63.4 Å². The highest BCUT2D eigenvalue weighted by Gasteiger charge is 2.22. The number of carbonyl (C=O) groups is 3. The van der Waals surface area contributed by atoms with Gasteiger partial charge in [-0.2, -0.15) is 5.10 Å². The van der Waals surface area contributed by atoms with Gasteiger partial charge in [-0.3, -0.25) is 14.4 Å². The van der Waals surface area contributed by atoms with Crippen LogP contribution in [0.3, 0.4) is 0 Å². The van der Waals surface area contributed by atoms with Crippen molar-refractivity contribution in [2.24, 2.45) is 5.10 Å². The number of hydrazone groups is 1. The van der Waals surface area contributed by atoms with E-state index in [-0.39, 0.29) is 18.6 Å². The smallest absolute Gasteiger partial charge is 0.329 e. The molecule has 1 heterocycles. The van der Waals surface area contributed by atoms with Crippen molar-refractivity contribution in [2.45, 2.75) is 63.8 Å². The third-order valence-electron chi connectivity index (χ3n) is 5.69. The summed E-state index contributed by atoms with van der Waals surface area (Å²) in [6.07, 6.45) is 11.2. The number of amides is 3. The molecule has 3 amide bonds. The first-order valence-corrected chi connectivity index (χ1v) is 11.3. The summed E-state index contributed by atoms with van der Waals surface area (Å²) >= 11 is 0. The Morgan fingerprint density at radius 2 is 1.61 bits per heavy atom. The van der Waals surface area contributed by atoms with Gasteiger partial charge in [0.05, 0.1) is 6.21 Å². The number of carbonyl (C=O) groups excluding carboxylic acids is 3. The Hall–Kier alpha value is -2.90. The summed E-state index contributed by atoms with van der Waals surface area (Å²) in [6, 6.07) is 7.27. The minimum atomic E-state index is -0.720. The van der Waals surface area contributed by atoms with Crippen molar-refractivity contribution in [1.82, 2.24) is 15.6 Å². The maximum Gasteiger partial charge on any atom is 0.329 e. The molecule has 0 unspecified atom stereocenters. The topological polar surface area (TPSA) is 100 Å². The highest BCUT2D eigenvalue weighted by Crippen LogP contribution is 2.17. The summed E-state index contributed by atoms with van der Waals surface area (Å²) in [5, 5.41) is 6.89. The average molecular weight is 429 g/mol. The summed E-state index contributed by atoms with van der Waals surface area (Å²) in [5.41, 5.74) is 3.03. The normalized spacial score (nSPS) is 17.7. The molecule has 0 radical (unpaired) electrons. The van der Waals surface area contributed by atoms with E-state index in [0.717, 1.165) is 44.1 Å². The van der Waals surface area contributed by atoms with Crippen LogP contribution in [-0.2, 0) is 14.4 Å².